The Bertz CT molecular complexity index is 508. The summed E-state index contributed by atoms with van der Waals surface area (Å²) in [6, 6.07) is 17.0. The summed E-state index contributed by atoms with van der Waals surface area (Å²) in [4.78, 5) is 0. The molecule has 1 nitrogen and oxygen atoms in total. The van der Waals surface area contributed by atoms with Gasteiger partial charge in [-0.25, -0.2) is 0 Å². The lowest BCUT2D eigenvalue weighted by Gasteiger charge is -2.17. The molecular formula is C15H14I2O. The summed E-state index contributed by atoms with van der Waals surface area (Å²) in [6.07, 6.45) is 0.765. The predicted molar refractivity (Wildman–Crippen MR) is 91.9 cm³/mol. The maximum atomic E-state index is 9.28. The Hall–Kier alpha value is -0.140. The van der Waals surface area contributed by atoms with Gasteiger partial charge in [0.05, 0.1) is 0 Å². The maximum absolute atomic E-state index is 9.28. The number of aliphatic hydroxyl groups is 1. The van der Waals surface area contributed by atoms with Crippen LogP contribution in [-0.4, -0.2) is 11.7 Å². The van der Waals surface area contributed by atoms with Crippen molar-refractivity contribution >= 4 is 45.2 Å². The molecule has 0 aliphatic carbocycles. The van der Waals surface area contributed by atoms with Crippen LogP contribution in [0.3, 0.4) is 0 Å². The monoisotopic (exact) mass is 464 g/mol. The zero-order chi connectivity index (χ0) is 13.0. The zero-order valence-electron chi connectivity index (χ0n) is 9.81. The second kappa shape index (κ2) is 6.86. The molecule has 0 heterocycles. The van der Waals surface area contributed by atoms with Crippen molar-refractivity contribution in [1.82, 2.24) is 0 Å². The van der Waals surface area contributed by atoms with Crippen LogP contribution in [0.2, 0.25) is 0 Å². The lowest BCUT2D eigenvalue weighted by atomic mass is 9.89. The molecule has 0 fully saturated rings. The Labute approximate surface area is 135 Å². The van der Waals surface area contributed by atoms with Crippen molar-refractivity contribution < 1.29 is 5.11 Å². The van der Waals surface area contributed by atoms with Crippen LogP contribution in [0.1, 0.15) is 23.5 Å². The SMILES string of the molecule is OCCC(c1ccc(I)cc1)c1cccc(I)c1. The topological polar surface area (TPSA) is 20.2 Å². The van der Waals surface area contributed by atoms with Gasteiger partial charge in [0.15, 0.2) is 0 Å². The molecule has 0 bridgehead atoms. The zero-order valence-corrected chi connectivity index (χ0v) is 14.1. The Morgan fingerprint density at radius 2 is 1.61 bits per heavy atom. The van der Waals surface area contributed by atoms with Crippen molar-refractivity contribution in [3.05, 3.63) is 66.8 Å². The van der Waals surface area contributed by atoms with Gasteiger partial charge in [-0.3, -0.25) is 0 Å². The van der Waals surface area contributed by atoms with Crippen LogP contribution in [0.4, 0.5) is 0 Å². The molecule has 1 N–H and O–H groups in total. The molecule has 0 aliphatic rings. The molecule has 94 valence electrons. The first-order chi connectivity index (χ1) is 8.70. The number of hydrogen-bond acceptors (Lipinski definition) is 1. The molecule has 1 atom stereocenters. The molecule has 2 aromatic rings. The summed E-state index contributed by atoms with van der Waals surface area (Å²) in [5.41, 5.74) is 2.55. The first-order valence-corrected chi connectivity index (χ1v) is 7.98. The van der Waals surface area contributed by atoms with E-state index in [2.05, 4.69) is 93.7 Å². The van der Waals surface area contributed by atoms with Crippen LogP contribution < -0.4 is 0 Å². The minimum absolute atomic E-state index is 0.210. The molecule has 0 amide bonds. The molecule has 0 saturated carbocycles. The van der Waals surface area contributed by atoms with Crippen molar-refractivity contribution in [2.75, 3.05) is 6.61 Å². The fourth-order valence-electron chi connectivity index (χ4n) is 2.07. The molecule has 1 unspecified atom stereocenters. The molecule has 0 spiro atoms. The van der Waals surface area contributed by atoms with E-state index < -0.39 is 0 Å². The van der Waals surface area contributed by atoms with E-state index in [4.69, 9.17) is 0 Å². The Morgan fingerprint density at radius 1 is 0.889 bits per heavy atom. The second-order valence-electron chi connectivity index (χ2n) is 4.17. The maximum Gasteiger partial charge on any atom is 0.0440 e. The fraction of sp³-hybridized carbons (Fsp3) is 0.200. The molecule has 2 rings (SSSR count). The standard InChI is InChI=1S/C15H14I2O/c16-13-6-4-11(5-7-13)15(8-9-18)12-2-1-3-14(17)10-12/h1-7,10,15,18H,8-9H2. The molecule has 0 aliphatic heterocycles. The molecule has 2 aromatic carbocycles. The highest BCUT2D eigenvalue weighted by Crippen LogP contribution is 2.29. The van der Waals surface area contributed by atoms with Gasteiger partial charge in [-0.1, -0.05) is 24.3 Å². The van der Waals surface area contributed by atoms with Gasteiger partial charge in [0, 0.05) is 19.7 Å². The predicted octanol–water partition coefficient (Wildman–Crippen LogP) is 4.41. The van der Waals surface area contributed by atoms with Crippen molar-refractivity contribution in [2.24, 2.45) is 0 Å². The van der Waals surface area contributed by atoms with E-state index in [-0.39, 0.29) is 12.5 Å². The molecule has 3 heteroatoms. The summed E-state index contributed by atoms with van der Waals surface area (Å²) in [6.45, 7) is 0.210. The normalized spacial score (nSPS) is 12.4. The highest BCUT2D eigenvalue weighted by molar-refractivity contribution is 14.1. The van der Waals surface area contributed by atoms with Gasteiger partial charge in [-0.2, -0.15) is 0 Å². The molecule has 18 heavy (non-hydrogen) atoms. The summed E-state index contributed by atoms with van der Waals surface area (Å²) < 4.78 is 2.47. The highest BCUT2D eigenvalue weighted by atomic mass is 127. The second-order valence-corrected chi connectivity index (χ2v) is 6.66. The van der Waals surface area contributed by atoms with E-state index in [1.165, 1.54) is 18.3 Å². The minimum Gasteiger partial charge on any atom is -0.396 e. The lowest BCUT2D eigenvalue weighted by Crippen LogP contribution is -2.04. The van der Waals surface area contributed by atoms with Gasteiger partial charge < -0.3 is 5.11 Å². The van der Waals surface area contributed by atoms with Crippen molar-refractivity contribution in [1.29, 1.82) is 0 Å². The van der Waals surface area contributed by atoms with Crippen LogP contribution in [0.25, 0.3) is 0 Å². The largest absolute Gasteiger partial charge is 0.396 e. The van der Waals surface area contributed by atoms with Crippen LogP contribution in [-0.2, 0) is 0 Å². The summed E-state index contributed by atoms with van der Waals surface area (Å²) in [7, 11) is 0. The average Bonchev–Trinajstić information content (AvgIpc) is 2.37. The number of rotatable bonds is 4. The van der Waals surface area contributed by atoms with Gasteiger partial charge >= 0.3 is 0 Å². The van der Waals surface area contributed by atoms with Gasteiger partial charge in [0.2, 0.25) is 0 Å². The number of aliphatic hydroxyl groups excluding tert-OH is 1. The Balaban J connectivity index is 2.36. The molecular weight excluding hydrogens is 450 g/mol. The number of hydrogen-bond donors (Lipinski definition) is 1. The third-order valence-electron chi connectivity index (χ3n) is 2.94. The van der Waals surface area contributed by atoms with Crippen LogP contribution >= 0.6 is 45.2 Å². The average molecular weight is 464 g/mol. The van der Waals surface area contributed by atoms with Crippen LogP contribution in [0.15, 0.2) is 48.5 Å². The smallest absolute Gasteiger partial charge is 0.0440 e. The van der Waals surface area contributed by atoms with Crippen molar-refractivity contribution in [3.8, 4) is 0 Å². The van der Waals surface area contributed by atoms with Gasteiger partial charge in [0.25, 0.3) is 0 Å². The Morgan fingerprint density at radius 3 is 2.22 bits per heavy atom. The summed E-state index contributed by atoms with van der Waals surface area (Å²) in [5, 5.41) is 9.28. The molecule has 0 aromatic heterocycles. The third kappa shape index (κ3) is 3.68. The van der Waals surface area contributed by atoms with Crippen LogP contribution in [0.5, 0.6) is 0 Å². The van der Waals surface area contributed by atoms with E-state index in [1.54, 1.807) is 0 Å². The van der Waals surface area contributed by atoms with Crippen LogP contribution in [0, 0.1) is 7.14 Å². The molecule has 0 saturated heterocycles. The van der Waals surface area contributed by atoms with Crippen molar-refractivity contribution in [3.63, 3.8) is 0 Å². The lowest BCUT2D eigenvalue weighted by molar-refractivity contribution is 0.281. The van der Waals surface area contributed by atoms with E-state index in [0.717, 1.165) is 6.42 Å². The summed E-state index contributed by atoms with van der Waals surface area (Å²) >= 11 is 4.64. The van der Waals surface area contributed by atoms with Gasteiger partial charge in [-0.05, 0) is 87.0 Å². The third-order valence-corrected chi connectivity index (χ3v) is 4.33. The number of halogens is 2. The first-order valence-electron chi connectivity index (χ1n) is 5.82. The number of benzene rings is 2. The van der Waals surface area contributed by atoms with Crippen molar-refractivity contribution in [2.45, 2.75) is 12.3 Å². The Kier molecular flexibility index (Phi) is 5.44. The van der Waals surface area contributed by atoms with Gasteiger partial charge in [-0.15, -0.1) is 0 Å². The first kappa shape index (κ1) is 14.3. The van der Waals surface area contributed by atoms with Gasteiger partial charge in [0.1, 0.15) is 0 Å². The van der Waals surface area contributed by atoms with E-state index >= 15 is 0 Å². The van der Waals surface area contributed by atoms with E-state index in [0.29, 0.717) is 0 Å². The molecule has 0 radical (unpaired) electrons. The van der Waals surface area contributed by atoms with E-state index in [9.17, 15) is 5.11 Å². The van der Waals surface area contributed by atoms with E-state index in [1.807, 2.05) is 0 Å². The summed E-state index contributed by atoms with van der Waals surface area (Å²) in [5.74, 6) is 0.279. The highest BCUT2D eigenvalue weighted by Gasteiger charge is 2.13. The quantitative estimate of drug-likeness (QED) is 0.666. The minimum atomic E-state index is 0.210. The fourth-order valence-corrected chi connectivity index (χ4v) is 3.00.